The molecule has 0 aromatic heterocycles. The predicted octanol–water partition coefficient (Wildman–Crippen LogP) is 1.94. The van der Waals surface area contributed by atoms with Gasteiger partial charge < -0.3 is 16.2 Å². The van der Waals surface area contributed by atoms with Gasteiger partial charge in [0.1, 0.15) is 0 Å². The fourth-order valence-corrected chi connectivity index (χ4v) is 1.78. The molecule has 5 heteroatoms. The zero-order chi connectivity index (χ0) is 14.4. The second kappa shape index (κ2) is 6.89. The first kappa shape index (κ1) is 15.2. The van der Waals surface area contributed by atoms with Gasteiger partial charge in [-0.1, -0.05) is 19.1 Å². The summed E-state index contributed by atoms with van der Waals surface area (Å²) >= 11 is 0. The minimum Gasteiger partial charge on any atom is -0.481 e. The summed E-state index contributed by atoms with van der Waals surface area (Å²) in [5, 5.41) is 11.5. The van der Waals surface area contributed by atoms with Gasteiger partial charge in [-0.2, -0.15) is 0 Å². The van der Waals surface area contributed by atoms with Crippen molar-refractivity contribution < 1.29 is 14.7 Å². The lowest BCUT2D eigenvalue weighted by Crippen LogP contribution is -2.23. The van der Waals surface area contributed by atoms with Gasteiger partial charge in [0, 0.05) is 18.2 Å². The number of carboxylic acids is 1. The minimum absolute atomic E-state index is 0.0497. The first-order valence-corrected chi connectivity index (χ1v) is 6.25. The number of carbonyl (C=O) groups is 2. The number of hydrogen-bond donors (Lipinski definition) is 3. The number of nitrogens with two attached hydrogens (primary N) is 1. The van der Waals surface area contributed by atoms with Crippen molar-refractivity contribution in [1.29, 1.82) is 0 Å². The van der Waals surface area contributed by atoms with Gasteiger partial charge in [0.05, 0.1) is 6.42 Å². The summed E-state index contributed by atoms with van der Waals surface area (Å²) in [5.41, 5.74) is 7.17. The number of carboxylic acid groups (broad SMARTS) is 1. The van der Waals surface area contributed by atoms with Crippen LogP contribution < -0.4 is 11.1 Å². The number of carbonyl (C=O) groups excluding carboxylic acids is 1. The van der Waals surface area contributed by atoms with Crippen LogP contribution in [0.1, 0.15) is 38.2 Å². The molecular formula is C14H20N2O3. The van der Waals surface area contributed by atoms with E-state index in [-0.39, 0.29) is 30.7 Å². The molecule has 0 aliphatic heterocycles. The Morgan fingerprint density at radius 3 is 2.26 bits per heavy atom. The van der Waals surface area contributed by atoms with Gasteiger partial charge in [0.15, 0.2) is 0 Å². The largest absolute Gasteiger partial charge is 0.481 e. The van der Waals surface area contributed by atoms with Gasteiger partial charge in [0.2, 0.25) is 5.91 Å². The predicted molar refractivity (Wildman–Crippen MR) is 74.0 cm³/mol. The Kier molecular flexibility index (Phi) is 5.51. The molecule has 0 spiro atoms. The molecule has 0 aliphatic carbocycles. The zero-order valence-electron chi connectivity index (χ0n) is 11.2. The molecule has 19 heavy (non-hydrogen) atoms. The summed E-state index contributed by atoms with van der Waals surface area (Å²) in [6.07, 6.45) is 0.369. The first-order chi connectivity index (χ1) is 8.88. The highest BCUT2D eigenvalue weighted by atomic mass is 16.4. The van der Waals surface area contributed by atoms with Crippen LogP contribution in [0.3, 0.4) is 0 Å². The number of anilines is 1. The van der Waals surface area contributed by atoms with E-state index in [2.05, 4.69) is 5.32 Å². The molecule has 4 N–H and O–H groups in total. The SMILES string of the molecule is CC(N)CC(=O)Nc1ccc(C(C)CC(=O)O)cc1. The first-order valence-electron chi connectivity index (χ1n) is 6.25. The van der Waals surface area contributed by atoms with Gasteiger partial charge in [-0.3, -0.25) is 9.59 Å². The maximum Gasteiger partial charge on any atom is 0.303 e. The van der Waals surface area contributed by atoms with Crippen molar-refractivity contribution in [1.82, 2.24) is 0 Å². The fourth-order valence-electron chi connectivity index (χ4n) is 1.78. The average molecular weight is 264 g/mol. The number of hydrogen-bond acceptors (Lipinski definition) is 3. The van der Waals surface area contributed by atoms with Crippen LogP contribution in [0, 0.1) is 0 Å². The molecule has 0 bridgehead atoms. The maximum atomic E-state index is 11.5. The zero-order valence-corrected chi connectivity index (χ0v) is 11.2. The molecule has 1 amide bonds. The topological polar surface area (TPSA) is 92.4 Å². The lowest BCUT2D eigenvalue weighted by atomic mass is 9.98. The Bertz CT molecular complexity index is 441. The van der Waals surface area contributed by atoms with E-state index in [1.54, 1.807) is 19.1 Å². The van der Waals surface area contributed by atoms with Crippen LogP contribution in [-0.4, -0.2) is 23.0 Å². The molecule has 1 aromatic rings. The van der Waals surface area contributed by atoms with Crippen molar-refractivity contribution in [3.63, 3.8) is 0 Å². The van der Waals surface area contributed by atoms with Crippen LogP contribution in [0.5, 0.6) is 0 Å². The van der Waals surface area contributed by atoms with Crippen molar-refractivity contribution >= 4 is 17.6 Å². The molecule has 0 radical (unpaired) electrons. The number of amides is 1. The van der Waals surface area contributed by atoms with Crippen molar-refractivity contribution in [3.05, 3.63) is 29.8 Å². The quantitative estimate of drug-likeness (QED) is 0.732. The Morgan fingerprint density at radius 2 is 1.79 bits per heavy atom. The summed E-state index contributed by atoms with van der Waals surface area (Å²) in [7, 11) is 0. The monoisotopic (exact) mass is 264 g/mol. The Labute approximate surface area is 112 Å². The van der Waals surface area contributed by atoms with E-state index in [1.807, 2.05) is 19.1 Å². The molecule has 0 aliphatic rings. The average Bonchev–Trinajstić information content (AvgIpc) is 2.27. The van der Waals surface area contributed by atoms with E-state index in [1.165, 1.54) is 0 Å². The van der Waals surface area contributed by atoms with Gasteiger partial charge in [-0.15, -0.1) is 0 Å². The molecule has 0 saturated carbocycles. The van der Waals surface area contributed by atoms with Gasteiger partial charge in [-0.05, 0) is 30.5 Å². The van der Waals surface area contributed by atoms with E-state index in [4.69, 9.17) is 10.8 Å². The summed E-state index contributed by atoms with van der Waals surface area (Å²) in [6, 6.07) is 7.03. The van der Waals surface area contributed by atoms with E-state index in [9.17, 15) is 9.59 Å². The molecule has 0 fully saturated rings. The maximum absolute atomic E-state index is 11.5. The lowest BCUT2D eigenvalue weighted by molar-refractivity contribution is -0.137. The van der Waals surface area contributed by atoms with Gasteiger partial charge >= 0.3 is 5.97 Å². The molecule has 1 rings (SSSR count). The lowest BCUT2D eigenvalue weighted by Gasteiger charge is -2.11. The van der Waals surface area contributed by atoms with Crippen LogP contribution in [0.2, 0.25) is 0 Å². The third-order valence-corrected chi connectivity index (χ3v) is 2.75. The van der Waals surface area contributed by atoms with E-state index >= 15 is 0 Å². The molecule has 1 aromatic carbocycles. The van der Waals surface area contributed by atoms with E-state index in [0.29, 0.717) is 5.69 Å². The third-order valence-electron chi connectivity index (χ3n) is 2.75. The third kappa shape index (κ3) is 5.52. The molecule has 104 valence electrons. The van der Waals surface area contributed by atoms with Crippen molar-refractivity contribution in [2.45, 2.75) is 38.6 Å². The van der Waals surface area contributed by atoms with Gasteiger partial charge in [0.25, 0.3) is 0 Å². The highest BCUT2D eigenvalue weighted by Gasteiger charge is 2.10. The Balaban J connectivity index is 2.61. The second-order valence-electron chi connectivity index (χ2n) is 4.85. The van der Waals surface area contributed by atoms with Crippen molar-refractivity contribution in [2.24, 2.45) is 5.73 Å². The minimum atomic E-state index is -0.818. The number of aliphatic carboxylic acids is 1. The highest BCUT2D eigenvalue weighted by Crippen LogP contribution is 2.21. The number of nitrogens with one attached hydrogen (secondary N) is 1. The summed E-state index contributed by atoms with van der Waals surface area (Å²) in [5.74, 6) is -0.991. The van der Waals surface area contributed by atoms with E-state index in [0.717, 1.165) is 5.56 Å². The Morgan fingerprint density at radius 1 is 1.21 bits per heavy atom. The smallest absolute Gasteiger partial charge is 0.303 e. The summed E-state index contributed by atoms with van der Waals surface area (Å²) < 4.78 is 0. The van der Waals surface area contributed by atoms with Gasteiger partial charge in [-0.25, -0.2) is 0 Å². The van der Waals surface area contributed by atoms with Crippen LogP contribution in [-0.2, 0) is 9.59 Å². The standard InChI is InChI=1S/C14H20N2O3/c1-9(7-14(18)19)11-3-5-12(6-4-11)16-13(17)8-10(2)15/h3-6,9-10H,7-8,15H2,1-2H3,(H,16,17)(H,18,19). The summed E-state index contributed by atoms with van der Waals surface area (Å²) in [4.78, 5) is 22.1. The second-order valence-corrected chi connectivity index (χ2v) is 4.85. The Hall–Kier alpha value is -1.88. The molecule has 0 saturated heterocycles. The molecule has 5 nitrogen and oxygen atoms in total. The molecule has 2 atom stereocenters. The van der Waals surface area contributed by atoms with E-state index < -0.39 is 5.97 Å². The van der Waals surface area contributed by atoms with Crippen LogP contribution in [0.4, 0.5) is 5.69 Å². The highest BCUT2D eigenvalue weighted by molar-refractivity contribution is 5.91. The van der Waals surface area contributed by atoms with Crippen molar-refractivity contribution in [3.8, 4) is 0 Å². The summed E-state index contributed by atoms with van der Waals surface area (Å²) in [6.45, 7) is 3.63. The van der Waals surface area contributed by atoms with Crippen LogP contribution in [0.25, 0.3) is 0 Å². The fraction of sp³-hybridized carbons (Fsp3) is 0.429. The molecule has 2 unspecified atom stereocenters. The molecule has 0 heterocycles. The molecular weight excluding hydrogens is 244 g/mol. The van der Waals surface area contributed by atoms with Crippen LogP contribution >= 0.6 is 0 Å². The number of rotatable bonds is 6. The number of benzene rings is 1. The normalized spacial score (nSPS) is 13.6. The van der Waals surface area contributed by atoms with Crippen molar-refractivity contribution in [2.75, 3.05) is 5.32 Å². The van der Waals surface area contributed by atoms with Crippen LogP contribution in [0.15, 0.2) is 24.3 Å².